The minimum atomic E-state index is 0. The Morgan fingerprint density at radius 2 is 2.26 bits per heavy atom. The number of fused-ring (bicyclic) bond motifs is 1. The normalized spacial score (nSPS) is 21.3. The summed E-state index contributed by atoms with van der Waals surface area (Å²) in [6, 6.07) is 7.77. The van der Waals surface area contributed by atoms with Gasteiger partial charge in [-0.1, -0.05) is 12.1 Å². The molecule has 0 radical (unpaired) electrons. The van der Waals surface area contributed by atoms with Crippen LogP contribution in [0.1, 0.15) is 12.8 Å². The van der Waals surface area contributed by atoms with Crippen molar-refractivity contribution in [2.45, 2.75) is 12.8 Å². The molecular formula is C14H19ClN2O2. The molecule has 4 nitrogen and oxygen atoms in total. The molecule has 1 saturated heterocycles. The highest BCUT2D eigenvalue weighted by atomic mass is 35.5. The molecule has 1 atom stereocenters. The van der Waals surface area contributed by atoms with Crippen molar-refractivity contribution < 1.29 is 9.53 Å². The number of halogens is 1. The summed E-state index contributed by atoms with van der Waals surface area (Å²) >= 11 is 0. The van der Waals surface area contributed by atoms with Gasteiger partial charge in [0.05, 0.1) is 12.2 Å². The highest BCUT2D eigenvalue weighted by Crippen LogP contribution is 2.31. The van der Waals surface area contributed by atoms with Gasteiger partial charge in [0, 0.05) is 6.42 Å². The van der Waals surface area contributed by atoms with E-state index < -0.39 is 0 Å². The Bertz CT molecular complexity index is 447. The van der Waals surface area contributed by atoms with Crippen molar-refractivity contribution in [3.05, 3.63) is 24.3 Å². The smallest absolute Gasteiger partial charge is 0.227 e. The minimum Gasteiger partial charge on any atom is -0.490 e. The first-order chi connectivity index (χ1) is 8.84. The molecule has 5 heteroatoms. The third-order valence-corrected chi connectivity index (χ3v) is 3.66. The number of hydrogen-bond acceptors (Lipinski definition) is 3. The van der Waals surface area contributed by atoms with E-state index in [0.717, 1.165) is 30.9 Å². The first kappa shape index (κ1) is 14.2. The number of hydrogen-bond donors (Lipinski definition) is 1. The van der Waals surface area contributed by atoms with Crippen LogP contribution in [0, 0.1) is 5.92 Å². The molecule has 1 fully saturated rings. The molecule has 1 amide bonds. The van der Waals surface area contributed by atoms with E-state index >= 15 is 0 Å². The van der Waals surface area contributed by atoms with Gasteiger partial charge in [-0.25, -0.2) is 0 Å². The topological polar surface area (TPSA) is 41.6 Å². The molecule has 1 aromatic carbocycles. The van der Waals surface area contributed by atoms with Crippen LogP contribution in [0.3, 0.4) is 0 Å². The number of nitrogens with one attached hydrogen (secondary N) is 1. The zero-order chi connectivity index (χ0) is 12.4. The van der Waals surface area contributed by atoms with Gasteiger partial charge < -0.3 is 15.0 Å². The van der Waals surface area contributed by atoms with Crippen LogP contribution in [0.5, 0.6) is 5.75 Å². The molecule has 2 aliphatic rings. The Labute approximate surface area is 119 Å². The molecule has 0 spiro atoms. The van der Waals surface area contributed by atoms with E-state index in [0.29, 0.717) is 25.5 Å². The fourth-order valence-electron chi connectivity index (χ4n) is 2.67. The number of carbonyl (C=O) groups is 1. The fourth-order valence-corrected chi connectivity index (χ4v) is 2.67. The van der Waals surface area contributed by atoms with E-state index in [9.17, 15) is 4.79 Å². The summed E-state index contributed by atoms with van der Waals surface area (Å²) in [7, 11) is 0. The molecule has 19 heavy (non-hydrogen) atoms. The lowest BCUT2D eigenvalue weighted by Gasteiger charge is -2.30. The monoisotopic (exact) mass is 282 g/mol. The van der Waals surface area contributed by atoms with Gasteiger partial charge in [-0.05, 0) is 37.6 Å². The molecule has 1 aromatic rings. The van der Waals surface area contributed by atoms with Crippen LogP contribution in [-0.2, 0) is 4.79 Å². The Hall–Kier alpha value is -1.26. The molecule has 3 rings (SSSR count). The second kappa shape index (κ2) is 6.26. The van der Waals surface area contributed by atoms with Crippen LogP contribution in [0.15, 0.2) is 24.3 Å². The van der Waals surface area contributed by atoms with Crippen molar-refractivity contribution >= 4 is 24.0 Å². The molecule has 0 aliphatic carbocycles. The highest BCUT2D eigenvalue weighted by molar-refractivity contribution is 5.95. The zero-order valence-electron chi connectivity index (χ0n) is 10.8. The predicted molar refractivity (Wildman–Crippen MR) is 77.1 cm³/mol. The Morgan fingerprint density at radius 1 is 1.42 bits per heavy atom. The van der Waals surface area contributed by atoms with Crippen molar-refractivity contribution in [3.8, 4) is 5.75 Å². The van der Waals surface area contributed by atoms with E-state index in [-0.39, 0.29) is 18.3 Å². The van der Waals surface area contributed by atoms with E-state index in [1.54, 1.807) is 0 Å². The number of rotatable bonds is 2. The van der Waals surface area contributed by atoms with Crippen LogP contribution >= 0.6 is 12.4 Å². The van der Waals surface area contributed by atoms with Crippen LogP contribution in [0.25, 0.3) is 0 Å². The van der Waals surface area contributed by atoms with Crippen molar-refractivity contribution in [2.24, 2.45) is 5.92 Å². The summed E-state index contributed by atoms with van der Waals surface area (Å²) in [5.41, 5.74) is 0.916. The molecule has 1 N–H and O–H groups in total. The predicted octanol–water partition coefficient (Wildman–Crippen LogP) is 1.83. The van der Waals surface area contributed by atoms with Gasteiger partial charge in [0.1, 0.15) is 12.4 Å². The third kappa shape index (κ3) is 3.01. The van der Waals surface area contributed by atoms with Gasteiger partial charge in [0.25, 0.3) is 0 Å². The van der Waals surface area contributed by atoms with Crippen molar-refractivity contribution in [1.82, 2.24) is 5.32 Å². The minimum absolute atomic E-state index is 0. The second-order valence-electron chi connectivity index (χ2n) is 4.92. The lowest BCUT2D eigenvalue weighted by Crippen LogP contribution is -2.38. The lowest BCUT2D eigenvalue weighted by molar-refractivity contribution is -0.119. The van der Waals surface area contributed by atoms with Gasteiger partial charge >= 0.3 is 0 Å². The standard InChI is InChI=1S/C14H18N2O2.ClH/c17-14(9-11-5-6-15-10-11)16-7-8-18-13-4-2-1-3-12(13)16;/h1-4,11,15H,5-10H2;1H. The summed E-state index contributed by atoms with van der Waals surface area (Å²) in [6.07, 6.45) is 1.75. The molecular weight excluding hydrogens is 264 g/mol. The van der Waals surface area contributed by atoms with Gasteiger partial charge in [0.2, 0.25) is 5.91 Å². The first-order valence-electron chi connectivity index (χ1n) is 6.57. The largest absolute Gasteiger partial charge is 0.490 e. The van der Waals surface area contributed by atoms with Gasteiger partial charge in [-0.15, -0.1) is 12.4 Å². The number of amides is 1. The van der Waals surface area contributed by atoms with Crippen LogP contribution < -0.4 is 15.0 Å². The number of nitrogens with zero attached hydrogens (tertiary/aromatic N) is 1. The maximum atomic E-state index is 12.4. The SMILES string of the molecule is Cl.O=C(CC1CCNC1)N1CCOc2ccccc21. The number of benzene rings is 1. The van der Waals surface area contributed by atoms with Crippen molar-refractivity contribution in [1.29, 1.82) is 0 Å². The van der Waals surface area contributed by atoms with Crippen molar-refractivity contribution in [2.75, 3.05) is 31.1 Å². The average Bonchev–Trinajstić information content (AvgIpc) is 2.91. The molecule has 0 bridgehead atoms. The number of ether oxygens (including phenoxy) is 1. The van der Waals surface area contributed by atoms with E-state index in [2.05, 4.69) is 5.32 Å². The summed E-state index contributed by atoms with van der Waals surface area (Å²) in [5, 5.41) is 3.30. The molecule has 2 aliphatic heterocycles. The summed E-state index contributed by atoms with van der Waals surface area (Å²) in [5.74, 6) is 1.54. The quantitative estimate of drug-likeness (QED) is 0.900. The Morgan fingerprint density at radius 3 is 3.05 bits per heavy atom. The second-order valence-corrected chi connectivity index (χ2v) is 4.92. The van der Waals surface area contributed by atoms with Crippen LogP contribution in [0.2, 0.25) is 0 Å². The molecule has 1 unspecified atom stereocenters. The molecule has 2 heterocycles. The highest BCUT2D eigenvalue weighted by Gasteiger charge is 2.26. The first-order valence-corrected chi connectivity index (χ1v) is 6.57. The average molecular weight is 283 g/mol. The van der Waals surface area contributed by atoms with Crippen LogP contribution in [-0.4, -0.2) is 32.1 Å². The summed E-state index contributed by atoms with van der Waals surface area (Å²) < 4.78 is 5.57. The molecule has 0 aromatic heterocycles. The molecule has 0 saturated carbocycles. The van der Waals surface area contributed by atoms with E-state index in [1.807, 2.05) is 29.2 Å². The van der Waals surface area contributed by atoms with Gasteiger partial charge in [-0.3, -0.25) is 4.79 Å². The number of para-hydroxylation sites is 2. The fraction of sp³-hybridized carbons (Fsp3) is 0.500. The van der Waals surface area contributed by atoms with E-state index in [1.165, 1.54) is 0 Å². The number of carbonyl (C=O) groups excluding carboxylic acids is 1. The van der Waals surface area contributed by atoms with Crippen LogP contribution in [0.4, 0.5) is 5.69 Å². The third-order valence-electron chi connectivity index (χ3n) is 3.66. The molecule has 104 valence electrons. The maximum absolute atomic E-state index is 12.4. The number of anilines is 1. The zero-order valence-corrected chi connectivity index (χ0v) is 11.6. The van der Waals surface area contributed by atoms with E-state index in [4.69, 9.17) is 4.74 Å². The van der Waals surface area contributed by atoms with Gasteiger partial charge in [0.15, 0.2) is 0 Å². The lowest BCUT2D eigenvalue weighted by atomic mass is 10.0. The van der Waals surface area contributed by atoms with Gasteiger partial charge in [-0.2, -0.15) is 0 Å². The summed E-state index contributed by atoms with van der Waals surface area (Å²) in [6.45, 7) is 3.26. The van der Waals surface area contributed by atoms with Crippen molar-refractivity contribution in [3.63, 3.8) is 0 Å². The summed E-state index contributed by atoms with van der Waals surface area (Å²) in [4.78, 5) is 14.2. The maximum Gasteiger partial charge on any atom is 0.227 e. The Balaban J connectivity index is 0.00000133. The Kier molecular flexibility index (Phi) is 4.66.